The van der Waals surface area contributed by atoms with E-state index in [2.05, 4.69) is 10.3 Å². The summed E-state index contributed by atoms with van der Waals surface area (Å²) in [6, 6.07) is 3.43. The van der Waals surface area contributed by atoms with Crippen LogP contribution in [0.3, 0.4) is 0 Å². The summed E-state index contributed by atoms with van der Waals surface area (Å²) in [5.74, 6) is -2.30. The zero-order valence-corrected chi connectivity index (χ0v) is 13.3. The van der Waals surface area contributed by atoms with Crippen molar-refractivity contribution in [3.63, 3.8) is 0 Å². The fraction of sp³-hybridized carbons (Fsp3) is 0.214. The lowest BCUT2D eigenvalue weighted by Crippen LogP contribution is -2.27. The van der Waals surface area contributed by atoms with Gasteiger partial charge in [0.25, 0.3) is 5.91 Å². The summed E-state index contributed by atoms with van der Waals surface area (Å²) in [4.78, 5) is 27.4. The predicted octanol–water partition coefficient (Wildman–Crippen LogP) is 3.43. The van der Waals surface area contributed by atoms with E-state index in [0.29, 0.717) is 10.7 Å². The van der Waals surface area contributed by atoms with Gasteiger partial charge in [-0.05, 0) is 26.0 Å². The largest absolute Gasteiger partial charge is 0.477 e. The number of halogens is 2. The Morgan fingerprint density at radius 3 is 2.73 bits per heavy atom. The van der Waals surface area contributed by atoms with Gasteiger partial charge < -0.3 is 10.4 Å². The number of carboxylic acids is 1. The van der Waals surface area contributed by atoms with Crippen LogP contribution in [0.1, 0.15) is 43.7 Å². The molecule has 8 heteroatoms. The molecule has 0 unspecified atom stereocenters. The van der Waals surface area contributed by atoms with Gasteiger partial charge in [-0.2, -0.15) is 0 Å². The molecule has 0 aliphatic carbocycles. The lowest BCUT2D eigenvalue weighted by atomic mass is 10.2. The number of carbonyl (C=O) groups excluding carboxylic acids is 1. The van der Waals surface area contributed by atoms with Crippen LogP contribution in [-0.2, 0) is 0 Å². The van der Waals surface area contributed by atoms with Crippen molar-refractivity contribution >= 4 is 34.8 Å². The number of hydrogen-bond acceptors (Lipinski definition) is 4. The van der Waals surface area contributed by atoms with Crippen molar-refractivity contribution < 1.29 is 19.1 Å². The van der Waals surface area contributed by atoms with Crippen LogP contribution < -0.4 is 5.32 Å². The summed E-state index contributed by atoms with van der Waals surface area (Å²) >= 11 is 6.75. The zero-order chi connectivity index (χ0) is 16.4. The Labute approximate surface area is 134 Å². The fourth-order valence-electron chi connectivity index (χ4n) is 1.82. The lowest BCUT2D eigenvalue weighted by Gasteiger charge is -2.12. The van der Waals surface area contributed by atoms with Gasteiger partial charge in [0.2, 0.25) is 0 Å². The van der Waals surface area contributed by atoms with Crippen molar-refractivity contribution in [2.75, 3.05) is 0 Å². The summed E-state index contributed by atoms with van der Waals surface area (Å²) < 4.78 is 13.4. The van der Waals surface area contributed by atoms with E-state index in [-0.39, 0.29) is 15.5 Å². The summed E-state index contributed by atoms with van der Waals surface area (Å²) in [6.45, 7) is 3.25. The van der Waals surface area contributed by atoms with Crippen molar-refractivity contribution in [2.45, 2.75) is 19.9 Å². The SMILES string of the molecule is Cc1nc([C@H](C)NC(=O)c2cccc(F)c2Cl)sc1C(=O)O. The zero-order valence-electron chi connectivity index (χ0n) is 11.7. The fourth-order valence-corrected chi connectivity index (χ4v) is 2.94. The molecule has 5 nitrogen and oxygen atoms in total. The maximum atomic E-state index is 13.4. The number of benzene rings is 1. The standard InChI is InChI=1S/C14H12ClFN2O3S/c1-6-11(14(20)21)22-13(18-6)7(2)17-12(19)8-4-3-5-9(16)10(8)15/h3-5,7H,1-2H3,(H,17,19)(H,20,21)/t7-/m0/s1. The number of aromatic carboxylic acids is 1. The number of nitrogens with zero attached hydrogens (tertiary/aromatic N) is 1. The number of carbonyl (C=O) groups is 2. The average molecular weight is 343 g/mol. The van der Waals surface area contributed by atoms with Crippen molar-refractivity contribution in [1.29, 1.82) is 0 Å². The van der Waals surface area contributed by atoms with Crippen LogP contribution in [0.15, 0.2) is 18.2 Å². The topological polar surface area (TPSA) is 79.3 Å². The molecule has 1 amide bonds. The summed E-state index contributed by atoms with van der Waals surface area (Å²) in [5, 5.41) is 11.8. The van der Waals surface area contributed by atoms with Gasteiger partial charge in [0.05, 0.1) is 22.3 Å². The Bertz CT molecular complexity index is 748. The predicted molar refractivity (Wildman–Crippen MR) is 81.1 cm³/mol. The van der Waals surface area contributed by atoms with Crippen molar-refractivity contribution in [2.24, 2.45) is 0 Å². The minimum atomic E-state index is -1.06. The van der Waals surface area contributed by atoms with Crippen molar-refractivity contribution in [1.82, 2.24) is 10.3 Å². The van der Waals surface area contributed by atoms with E-state index < -0.39 is 23.7 Å². The van der Waals surface area contributed by atoms with Crippen molar-refractivity contribution in [3.05, 3.63) is 50.2 Å². The van der Waals surface area contributed by atoms with Gasteiger partial charge in [0.15, 0.2) is 0 Å². The van der Waals surface area contributed by atoms with Crippen LogP contribution in [-0.4, -0.2) is 22.0 Å². The Hall–Kier alpha value is -1.99. The second-order valence-corrected chi connectivity index (χ2v) is 5.98. The lowest BCUT2D eigenvalue weighted by molar-refractivity contribution is 0.0701. The Kier molecular flexibility index (Phi) is 4.77. The molecule has 0 aliphatic rings. The minimum Gasteiger partial charge on any atom is -0.477 e. The molecule has 2 rings (SSSR count). The molecular formula is C14H12ClFN2O3S. The number of aromatic nitrogens is 1. The molecule has 1 heterocycles. The van der Waals surface area contributed by atoms with Crippen LogP contribution in [0.4, 0.5) is 4.39 Å². The highest BCUT2D eigenvalue weighted by molar-refractivity contribution is 7.13. The summed E-state index contributed by atoms with van der Waals surface area (Å²) in [6.07, 6.45) is 0. The van der Waals surface area contributed by atoms with E-state index in [1.54, 1.807) is 13.8 Å². The molecule has 116 valence electrons. The van der Waals surface area contributed by atoms with Gasteiger partial charge in [0.1, 0.15) is 15.7 Å². The molecule has 0 radical (unpaired) electrons. The Morgan fingerprint density at radius 1 is 1.45 bits per heavy atom. The molecule has 1 aromatic carbocycles. The first-order valence-corrected chi connectivity index (χ1v) is 7.46. The van der Waals surface area contributed by atoms with E-state index in [1.807, 2.05) is 0 Å². The molecular weight excluding hydrogens is 331 g/mol. The normalized spacial score (nSPS) is 12.0. The Morgan fingerprint density at radius 2 is 2.14 bits per heavy atom. The molecule has 0 fully saturated rings. The van der Waals surface area contributed by atoms with Gasteiger partial charge in [-0.15, -0.1) is 11.3 Å². The van der Waals surface area contributed by atoms with E-state index in [1.165, 1.54) is 12.1 Å². The molecule has 0 aliphatic heterocycles. The Balaban J connectivity index is 2.19. The monoisotopic (exact) mass is 342 g/mol. The molecule has 22 heavy (non-hydrogen) atoms. The van der Waals surface area contributed by atoms with Gasteiger partial charge in [0, 0.05) is 0 Å². The third-order valence-electron chi connectivity index (χ3n) is 2.92. The quantitative estimate of drug-likeness (QED) is 0.892. The van der Waals surface area contributed by atoms with E-state index in [4.69, 9.17) is 16.7 Å². The third-order valence-corrected chi connectivity index (χ3v) is 4.63. The maximum absolute atomic E-state index is 13.4. The van der Waals surface area contributed by atoms with Crippen LogP contribution in [0.5, 0.6) is 0 Å². The van der Waals surface area contributed by atoms with E-state index >= 15 is 0 Å². The minimum absolute atomic E-state index is 0.0141. The van der Waals surface area contributed by atoms with Gasteiger partial charge in [-0.25, -0.2) is 14.2 Å². The molecule has 2 aromatic rings. The second-order valence-electron chi connectivity index (χ2n) is 4.57. The highest BCUT2D eigenvalue weighted by Gasteiger charge is 2.21. The van der Waals surface area contributed by atoms with Crippen LogP contribution in [0, 0.1) is 12.7 Å². The number of rotatable bonds is 4. The molecule has 0 spiro atoms. The highest BCUT2D eigenvalue weighted by Crippen LogP contribution is 2.25. The van der Waals surface area contributed by atoms with E-state index in [0.717, 1.165) is 17.4 Å². The molecule has 2 N–H and O–H groups in total. The number of hydrogen-bond donors (Lipinski definition) is 2. The first-order valence-electron chi connectivity index (χ1n) is 6.26. The first kappa shape index (κ1) is 16.4. The van der Waals surface area contributed by atoms with Crippen molar-refractivity contribution in [3.8, 4) is 0 Å². The molecule has 1 aromatic heterocycles. The van der Waals surface area contributed by atoms with Gasteiger partial charge in [-0.1, -0.05) is 17.7 Å². The highest BCUT2D eigenvalue weighted by atomic mass is 35.5. The number of amides is 1. The van der Waals surface area contributed by atoms with E-state index in [9.17, 15) is 14.0 Å². The second kappa shape index (κ2) is 6.41. The molecule has 0 bridgehead atoms. The summed E-state index contributed by atoms with van der Waals surface area (Å²) in [7, 11) is 0. The average Bonchev–Trinajstić information content (AvgIpc) is 2.84. The smallest absolute Gasteiger partial charge is 0.347 e. The molecule has 0 saturated heterocycles. The van der Waals surface area contributed by atoms with Gasteiger partial charge >= 0.3 is 5.97 Å². The number of aryl methyl sites for hydroxylation is 1. The summed E-state index contributed by atoms with van der Waals surface area (Å²) in [5.41, 5.74) is 0.401. The van der Waals surface area contributed by atoms with Crippen LogP contribution in [0.25, 0.3) is 0 Å². The van der Waals surface area contributed by atoms with Crippen LogP contribution in [0.2, 0.25) is 5.02 Å². The maximum Gasteiger partial charge on any atom is 0.347 e. The number of nitrogens with one attached hydrogen (secondary N) is 1. The molecule has 1 atom stereocenters. The van der Waals surface area contributed by atoms with Crippen LogP contribution >= 0.6 is 22.9 Å². The third kappa shape index (κ3) is 3.26. The molecule has 0 saturated carbocycles. The number of thiazole rings is 1. The van der Waals surface area contributed by atoms with Gasteiger partial charge in [-0.3, -0.25) is 4.79 Å². The number of carboxylic acid groups (broad SMARTS) is 1. The first-order chi connectivity index (χ1) is 10.3.